The molecule has 1 aromatic carbocycles. The highest BCUT2D eigenvalue weighted by Crippen LogP contribution is 2.28. The quantitative estimate of drug-likeness (QED) is 0.740. The third-order valence-electron chi connectivity index (χ3n) is 3.38. The molecule has 0 aliphatic heterocycles. The monoisotopic (exact) mass is 384 g/mol. The molecule has 1 aliphatic rings. The number of hydrogen-bond acceptors (Lipinski definition) is 7. The zero-order chi connectivity index (χ0) is 17.2. The molecule has 2 aromatic rings. The van der Waals surface area contributed by atoms with Crippen molar-refractivity contribution in [3.05, 3.63) is 29.3 Å². The van der Waals surface area contributed by atoms with Crippen LogP contribution in [-0.4, -0.2) is 36.5 Å². The summed E-state index contributed by atoms with van der Waals surface area (Å²) in [7, 11) is -3.40. The molecule has 0 saturated heterocycles. The molecule has 0 saturated carbocycles. The second kappa shape index (κ2) is 7.08. The molecule has 10 heteroatoms. The first-order valence-corrected chi connectivity index (χ1v) is 10.9. The molecule has 0 unspecified atom stereocenters. The van der Waals surface area contributed by atoms with E-state index in [2.05, 4.69) is 32.4 Å². The topological polar surface area (TPSA) is 101 Å². The van der Waals surface area contributed by atoms with Gasteiger partial charge in [-0.15, -0.1) is 22.0 Å². The molecule has 0 fully saturated rings. The highest BCUT2D eigenvalue weighted by molar-refractivity contribution is 8.00. The van der Waals surface area contributed by atoms with Gasteiger partial charge in [-0.25, -0.2) is 8.42 Å². The molecule has 0 radical (unpaired) electrons. The Morgan fingerprint density at radius 2 is 2.00 bits per heavy atom. The summed E-state index contributed by atoms with van der Waals surface area (Å²) < 4.78 is 24.4. The number of benzene rings is 1. The maximum atomic E-state index is 12.0. The third kappa shape index (κ3) is 4.68. The Hall–Kier alpha value is -1.65. The predicted octanol–water partition coefficient (Wildman–Crippen LogP) is 2.13. The fourth-order valence-electron chi connectivity index (χ4n) is 2.42. The van der Waals surface area contributed by atoms with E-state index >= 15 is 0 Å². The van der Waals surface area contributed by atoms with Gasteiger partial charge in [0, 0.05) is 4.90 Å². The van der Waals surface area contributed by atoms with E-state index in [1.54, 1.807) is 0 Å². The summed E-state index contributed by atoms with van der Waals surface area (Å²) in [6.07, 6.45) is 4.48. The number of hydrogen-bond donors (Lipinski definition) is 2. The highest BCUT2D eigenvalue weighted by atomic mass is 32.2. The lowest BCUT2D eigenvalue weighted by atomic mass is 10.1. The molecule has 1 heterocycles. The Kier molecular flexibility index (Phi) is 5.07. The molecule has 7 nitrogen and oxygen atoms in total. The van der Waals surface area contributed by atoms with E-state index in [4.69, 9.17) is 0 Å². The number of nitrogens with zero attached hydrogens (tertiary/aromatic N) is 2. The second-order valence-electron chi connectivity index (χ2n) is 5.41. The van der Waals surface area contributed by atoms with Crippen LogP contribution in [0.1, 0.15) is 17.5 Å². The maximum Gasteiger partial charge on any atom is 0.236 e. The number of sulfonamides is 1. The van der Waals surface area contributed by atoms with Crippen molar-refractivity contribution >= 4 is 49.3 Å². The van der Waals surface area contributed by atoms with Gasteiger partial charge in [0.2, 0.25) is 26.2 Å². The summed E-state index contributed by atoms with van der Waals surface area (Å²) in [5.74, 6) is 0.0512. The van der Waals surface area contributed by atoms with Gasteiger partial charge in [0.15, 0.2) is 0 Å². The highest BCUT2D eigenvalue weighted by Gasteiger charge is 2.13. The number of aromatic nitrogens is 2. The number of nitrogens with one attached hydrogen (secondary N) is 2. The molecule has 0 atom stereocenters. The van der Waals surface area contributed by atoms with E-state index in [-0.39, 0.29) is 21.9 Å². The minimum absolute atomic E-state index is 0.124. The predicted molar refractivity (Wildman–Crippen MR) is 96.2 cm³/mol. The van der Waals surface area contributed by atoms with Crippen LogP contribution in [0.5, 0.6) is 0 Å². The van der Waals surface area contributed by atoms with Gasteiger partial charge >= 0.3 is 0 Å². The van der Waals surface area contributed by atoms with Crippen molar-refractivity contribution in [1.82, 2.24) is 10.2 Å². The Morgan fingerprint density at radius 1 is 1.25 bits per heavy atom. The van der Waals surface area contributed by atoms with Crippen LogP contribution in [0.3, 0.4) is 0 Å². The van der Waals surface area contributed by atoms with Gasteiger partial charge in [-0.05, 0) is 42.5 Å². The average Bonchev–Trinajstić information content (AvgIpc) is 3.12. The SMILES string of the molecule is CS(=O)(=O)Nc1nnc(NC(=O)CSc2ccc3c(c2)CCC3)s1. The normalized spacial score (nSPS) is 13.5. The number of thioether (sulfide) groups is 1. The van der Waals surface area contributed by atoms with Crippen LogP contribution in [0.4, 0.5) is 10.3 Å². The fourth-order valence-corrected chi connectivity index (χ4v) is 4.67. The molecule has 1 aliphatic carbocycles. The first kappa shape index (κ1) is 17.2. The van der Waals surface area contributed by atoms with Crippen LogP contribution < -0.4 is 10.0 Å². The van der Waals surface area contributed by atoms with Crippen LogP contribution in [0.25, 0.3) is 0 Å². The van der Waals surface area contributed by atoms with E-state index in [9.17, 15) is 13.2 Å². The summed E-state index contributed by atoms with van der Waals surface area (Å²) >= 11 is 2.44. The number of anilines is 2. The van der Waals surface area contributed by atoms with E-state index in [1.807, 2.05) is 6.07 Å². The Balaban J connectivity index is 1.52. The smallest absolute Gasteiger partial charge is 0.236 e. The molecule has 3 rings (SSSR count). The third-order valence-corrected chi connectivity index (χ3v) is 5.83. The van der Waals surface area contributed by atoms with Gasteiger partial charge in [-0.2, -0.15) is 0 Å². The summed E-state index contributed by atoms with van der Waals surface area (Å²) in [5.41, 5.74) is 2.78. The van der Waals surface area contributed by atoms with Gasteiger partial charge in [0.05, 0.1) is 12.0 Å². The number of fused-ring (bicyclic) bond motifs is 1. The molecule has 1 amide bonds. The van der Waals surface area contributed by atoms with E-state index < -0.39 is 10.0 Å². The lowest BCUT2D eigenvalue weighted by molar-refractivity contribution is -0.113. The van der Waals surface area contributed by atoms with Gasteiger partial charge < -0.3 is 0 Å². The van der Waals surface area contributed by atoms with Crippen LogP contribution >= 0.6 is 23.1 Å². The van der Waals surface area contributed by atoms with Crippen molar-refractivity contribution < 1.29 is 13.2 Å². The van der Waals surface area contributed by atoms with Crippen molar-refractivity contribution in [3.63, 3.8) is 0 Å². The summed E-state index contributed by atoms with van der Waals surface area (Å²) in [5, 5.41) is 10.4. The van der Waals surface area contributed by atoms with Crippen molar-refractivity contribution in [2.45, 2.75) is 24.2 Å². The Bertz CT molecular complexity index is 864. The molecule has 0 spiro atoms. The number of rotatable bonds is 6. The zero-order valence-electron chi connectivity index (χ0n) is 12.9. The first-order valence-electron chi connectivity index (χ1n) is 7.25. The van der Waals surface area contributed by atoms with E-state index in [0.717, 1.165) is 35.3 Å². The molecular weight excluding hydrogens is 368 g/mol. The van der Waals surface area contributed by atoms with E-state index in [1.165, 1.54) is 29.3 Å². The van der Waals surface area contributed by atoms with Crippen LogP contribution in [-0.2, 0) is 27.7 Å². The summed E-state index contributed by atoms with van der Waals surface area (Å²) in [4.78, 5) is 13.1. The molecule has 1 aromatic heterocycles. The van der Waals surface area contributed by atoms with Crippen molar-refractivity contribution in [2.75, 3.05) is 22.0 Å². The van der Waals surface area contributed by atoms with Crippen LogP contribution in [0, 0.1) is 0 Å². The largest absolute Gasteiger partial charge is 0.300 e. The molecule has 128 valence electrons. The lowest BCUT2D eigenvalue weighted by Crippen LogP contribution is -2.13. The molecular formula is C14H16N4O3S3. The summed E-state index contributed by atoms with van der Waals surface area (Å²) in [6.45, 7) is 0. The van der Waals surface area contributed by atoms with Crippen molar-refractivity contribution in [2.24, 2.45) is 0 Å². The minimum Gasteiger partial charge on any atom is -0.300 e. The lowest BCUT2D eigenvalue weighted by Gasteiger charge is -2.04. The van der Waals surface area contributed by atoms with Gasteiger partial charge in [0.1, 0.15) is 0 Å². The standard InChI is InChI=1S/C14H16N4O3S3/c1-24(20,21)18-14-17-16-13(23-14)15-12(19)8-22-11-6-5-9-3-2-4-10(9)7-11/h5-7H,2-4,8H2,1H3,(H,17,18)(H,15,16,19). The molecule has 24 heavy (non-hydrogen) atoms. The summed E-state index contributed by atoms with van der Waals surface area (Å²) in [6, 6.07) is 6.33. The fraction of sp³-hybridized carbons (Fsp3) is 0.357. The van der Waals surface area contributed by atoms with Crippen LogP contribution in [0.15, 0.2) is 23.1 Å². The minimum atomic E-state index is -3.40. The van der Waals surface area contributed by atoms with Gasteiger partial charge in [0.25, 0.3) is 0 Å². The van der Waals surface area contributed by atoms with E-state index in [0.29, 0.717) is 0 Å². The number of carbonyl (C=O) groups is 1. The molecule has 2 N–H and O–H groups in total. The van der Waals surface area contributed by atoms with Crippen molar-refractivity contribution in [1.29, 1.82) is 0 Å². The van der Waals surface area contributed by atoms with Gasteiger partial charge in [-0.3, -0.25) is 14.8 Å². The van der Waals surface area contributed by atoms with Crippen molar-refractivity contribution in [3.8, 4) is 0 Å². The van der Waals surface area contributed by atoms with Crippen LogP contribution in [0.2, 0.25) is 0 Å². The Morgan fingerprint density at radius 3 is 2.79 bits per heavy atom. The van der Waals surface area contributed by atoms with Gasteiger partial charge in [-0.1, -0.05) is 17.4 Å². The Labute approximate surface area is 148 Å². The number of aryl methyl sites for hydroxylation is 2. The first-order chi connectivity index (χ1) is 11.4. The zero-order valence-corrected chi connectivity index (χ0v) is 15.4. The maximum absolute atomic E-state index is 12.0. The number of carbonyl (C=O) groups excluding carboxylic acids is 1. The average molecular weight is 385 g/mol. The number of amides is 1. The second-order valence-corrected chi connectivity index (χ2v) is 9.18. The molecule has 0 bridgehead atoms.